The largest absolute Gasteiger partial charge is 0.315 e. The quantitative estimate of drug-likeness (QED) is 0.687. The molecule has 0 aromatic rings. The van der Waals surface area contributed by atoms with E-state index in [9.17, 15) is 0 Å². The normalized spacial score (nSPS) is 24.5. The van der Waals surface area contributed by atoms with E-state index in [1.54, 1.807) is 0 Å². The molecule has 2 heteroatoms. The minimum atomic E-state index is 0.710. The first kappa shape index (κ1) is 15.0. The number of hydrogen-bond donors (Lipinski definition) is 1. The summed E-state index contributed by atoms with van der Waals surface area (Å²) in [5.41, 5.74) is 0. The van der Waals surface area contributed by atoms with Gasteiger partial charge >= 0.3 is 0 Å². The Morgan fingerprint density at radius 3 is 2.82 bits per heavy atom. The van der Waals surface area contributed by atoms with Crippen LogP contribution in [0.2, 0.25) is 0 Å². The third kappa shape index (κ3) is 6.42. The Hall–Kier alpha value is -0.0800. The lowest BCUT2D eigenvalue weighted by Crippen LogP contribution is -2.41. The molecule has 0 aromatic carbocycles. The highest BCUT2D eigenvalue weighted by atomic mass is 15.2. The van der Waals surface area contributed by atoms with Crippen LogP contribution in [0.25, 0.3) is 0 Å². The Morgan fingerprint density at radius 1 is 1.24 bits per heavy atom. The second kappa shape index (κ2) is 8.93. The van der Waals surface area contributed by atoms with Crippen LogP contribution in [0.15, 0.2) is 0 Å². The number of nitrogens with zero attached hydrogens (tertiary/aromatic N) is 1. The second-order valence-electron chi connectivity index (χ2n) is 5.83. The predicted molar refractivity (Wildman–Crippen MR) is 76.4 cm³/mol. The monoisotopic (exact) mass is 240 g/mol. The van der Waals surface area contributed by atoms with Crippen LogP contribution in [-0.4, -0.2) is 37.1 Å². The van der Waals surface area contributed by atoms with Crippen molar-refractivity contribution in [1.82, 2.24) is 10.2 Å². The molecule has 1 aliphatic rings. The molecular weight excluding hydrogens is 208 g/mol. The Bertz CT molecular complexity index is 182. The average Bonchev–Trinajstić information content (AvgIpc) is 2.53. The molecule has 1 fully saturated rings. The van der Waals surface area contributed by atoms with Crippen molar-refractivity contribution in [3.63, 3.8) is 0 Å². The lowest BCUT2D eigenvalue weighted by atomic mass is 10.0. The van der Waals surface area contributed by atoms with Crippen molar-refractivity contribution in [2.45, 2.75) is 65.3 Å². The average molecular weight is 240 g/mol. The van der Waals surface area contributed by atoms with Crippen LogP contribution in [0.1, 0.15) is 59.3 Å². The fraction of sp³-hybridized carbons (Fsp3) is 1.00. The highest BCUT2D eigenvalue weighted by molar-refractivity contribution is 4.74. The fourth-order valence-electron chi connectivity index (χ4n) is 2.67. The molecule has 0 aliphatic carbocycles. The predicted octanol–water partition coefficient (Wildman–Crippen LogP) is 3.28. The second-order valence-corrected chi connectivity index (χ2v) is 5.83. The Morgan fingerprint density at radius 2 is 2.06 bits per heavy atom. The summed E-state index contributed by atoms with van der Waals surface area (Å²) in [5.74, 6) is 0.935. The first-order valence-corrected chi connectivity index (χ1v) is 7.68. The molecule has 1 aliphatic heterocycles. The molecule has 1 N–H and O–H groups in total. The number of likely N-dealkylation sites (tertiary alicyclic amines) is 1. The minimum Gasteiger partial charge on any atom is -0.315 e. The molecule has 0 aromatic heterocycles. The molecule has 2 atom stereocenters. The third-order valence-electron chi connectivity index (χ3n) is 4.07. The van der Waals surface area contributed by atoms with Crippen LogP contribution in [0.3, 0.4) is 0 Å². The summed E-state index contributed by atoms with van der Waals surface area (Å²) in [6, 6.07) is 0.710. The molecule has 0 amide bonds. The zero-order chi connectivity index (χ0) is 12.5. The van der Waals surface area contributed by atoms with Crippen molar-refractivity contribution >= 4 is 0 Å². The standard InChI is InChI=1S/C15H32N2/c1-4-5-6-10-16-13-15(3)17-11-7-8-14(2)9-12-17/h14-16H,4-13H2,1-3H3. The summed E-state index contributed by atoms with van der Waals surface area (Å²) in [7, 11) is 0. The van der Waals surface area contributed by atoms with Crippen LogP contribution in [0.5, 0.6) is 0 Å². The summed E-state index contributed by atoms with van der Waals surface area (Å²) >= 11 is 0. The van der Waals surface area contributed by atoms with E-state index in [2.05, 4.69) is 31.0 Å². The summed E-state index contributed by atoms with van der Waals surface area (Å²) in [6.45, 7) is 12.0. The van der Waals surface area contributed by atoms with Gasteiger partial charge in [-0.1, -0.05) is 26.7 Å². The molecule has 102 valence electrons. The van der Waals surface area contributed by atoms with Crippen molar-refractivity contribution in [3.05, 3.63) is 0 Å². The van der Waals surface area contributed by atoms with Crippen molar-refractivity contribution in [2.24, 2.45) is 5.92 Å². The van der Waals surface area contributed by atoms with Gasteiger partial charge in [-0.2, -0.15) is 0 Å². The van der Waals surface area contributed by atoms with Crippen molar-refractivity contribution in [3.8, 4) is 0 Å². The minimum absolute atomic E-state index is 0.710. The van der Waals surface area contributed by atoms with Crippen molar-refractivity contribution in [2.75, 3.05) is 26.2 Å². The van der Waals surface area contributed by atoms with Gasteiger partial charge in [0, 0.05) is 12.6 Å². The van der Waals surface area contributed by atoms with Gasteiger partial charge in [0.15, 0.2) is 0 Å². The van der Waals surface area contributed by atoms with E-state index in [1.165, 1.54) is 58.2 Å². The Balaban J connectivity index is 2.11. The van der Waals surface area contributed by atoms with Gasteiger partial charge in [0.2, 0.25) is 0 Å². The van der Waals surface area contributed by atoms with Crippen molar-refractivity contribution < 1.29 is 0 Å². The van der Waals surface area contributed by atoms with Gasteiger partial charge in [0.25, 0.3) is 0 Å². The zero-order valence-electron chi connectivity index (χ0n) is 12.2. The van der Waals surface area contributed by atoms with E-state index in [0.29, 0.717) is 6.04 Å². The SMILES string of the molecule is CCCCCNCC(C)N1CCCC(C)CC1. The van der Waals surface area contributed by atoms with E-state index >= 15 is 0 Å². The third-order valence-corrected chi connectivity index (χ3v) is 4.07. The molecule has 0 bridgehead atoms. The lowest BCUT2D eigenvalue weighted by Gasteiger charge is -2.28. The van der Waals surface area contributed by atoms with Crippen LogP contribution >= 0.6 is 0 Å². The molecule has 0 spiro atoms. The summed E-state index contributed by atoms with van der Waals surface area (Å²) in [4.78, 5) is 2.68. The smallest absolute Gasteiger partial charge is 0.0192 e. The number of rotatable bonds is 7. The number of nitrogens with one attached hydrogen (secondary N) is 1. The Kier molecular flexibility index (Phi) is 7.87. The van der Waals surface area contributed by atoms with Gasteiger partial charge < -0.3 is 5.32 Å². The summed E-state index contributed by atoms with van der Waals surface area (Å²) in [5, 5.41) is 3.61. The summed E-state index contributed by atoms with van der Waals surface area (Å²) in [6.07, 6.45) is 8.22. The molecule has 1 saturated heterocycles. The lowest BCUT2D eigenvalue weighted by molar-refractivity contribution is 0.210. The first-order chi connectivity index (χ1) is 8.24. The van der Waals surface area contributed by atoms with E-state index in [1.807, 2.05) is 0 Å². The molecule has 1 rings (SSSR count). The van der Waals surface area contributed by atoms with Crippen LogP contribution in [-0.2, 0) is 0 Å². The fourth-order valence-corrected chi connectivity index (χ4v) is 2.67. The van der Waals surface area contributed by atoms with Crippen LogP contribution < -0.4 is 5.32 Å². The van der Waals surface area contributed by atoms with E-state index in [0.717, 1.165) is 12.5 Å². The topological polar surface area (TPSA) is 15.3 Å². The molecule has 17 heavy (non-hydrogen) atoms. The Labute approximate surface area is 108 Å². The van der Waals surface area contributed by atoms with E-state index in [-0.39, 0.29) is 0 Å². The number of hydrogen-bond acceptors (Lipinski definition) is 2. The highest BCUT2D eigenvalue weighted by Crippen LogP contribution is 2.17. The van der Waals surface area contributed by atoms with Gasteiger partial charge in [-0.3, -0.25) is 4.90 Å². The van der Waals surface area contributed by atoms with Crippen LogP contribution in [0, 0.1) is 5.92 Å². The molecule has 2 unspecified atom stereocenters. The van der Waals surface area contributed by atoms with E-state index in [4.69, 9.17) is 0 Å². The molecule has 2 nitrogen and oxygen atoms in total. The van der Waals surface area contributed by atoms with Crippen LogP contribution in [0.4, 0.5) is 0 Å². The van der Waals surface area contributed by atoms with Gasteiger partial charge in [-0.05, 0) is 58.2 Å². The molecular formula is C15H32N2. The number of unbranched alkanes of at least 4 members (excludes halogenated alkanes) is 2. The maximum absolute atomic E-state index is 3.61. The molecule has 1 heterocycles. The van der Waals surface area contributed by atoms with Gasteiger partial charge in [-0.25, -0.2) is 0 Å². The van der Waals surface area contributed by atoms with Gasteiger partial charge in [0.1, 0.15) is 0 Å². The highest BCUT2D eigenvalue weighted by Gasteiger charge is 2.17. The summed E-state index contributed by atoms with van der Waals surface area (Å²) < 4.78 is 0. The van der Waals surface area contributed by atoms with E-state index < -0.39 is 0 Å². The molecule has 0 saturated carbocycles. The van der Waals surface area contributed by atoms with Crippen molar-refractivity contribution in [1.29, 1.82) is 0 Å². The van der Waals surface area contributed by atoms with Gasteiger partial charge in [0.05, 0.1) is 0 Å². The van der Waals surface area contributed by atoms with Gasteiger partial charge in [-0.15, -0.1) is 0 Å². The maximum atomic E-state index is 3.61. The molecule has 0 radical (unpaired) electrons. The zero-order valence-corrected chi connectivity index (χ0v) is 12.2. The first-order valence-electron chi connectivity index (χ1n) is 7.68. The maximum Gasteiger partial charge on any atom is 0.0192 e.